The van der Waals surface area contributed by atoms with Crippen LogP contribution in [-0.4, -0.2) is 23.9 Å². The molecule has 120 valence electrons. The van der Waals surface area contributed by atoms with E-state index in [4.69, 9.17) is 5.73 Å². The van der Waals surface area contributed by atoms with Gasteiger partial charge in [-0.3, -0.25) is 4.79 Å². The molecule has 3 rings (SSSR count). The number of amides is 1. The van der Waals surface area contributed by atoms with Crippen molar-refractivity contribution >= 4 is 5.91 Å². The van der Waals surface area contributed by atoms with Gasteiger partial charge in [0.05, 0.1) is 0 Å². The van der Waals surface area contributed by atoms with Gasteiger partial charge in [0.15, 0.2) is 0 Å². The van der Waals surface area contributed by atoms with Crippen LogP contribution in [0.15, 0.2) is 54.6 Å². The summed E-state index contributed by atoms with van der Waals surface area (Å²) in [7, 11) is 0. The third kappa shape index (κ3) is 3.62. The molecule has 0 saturated carbocycles. The van der Waals surface area contributed by atoms with Crippen LogP contribution < -0.4 is 5.73 Å². The van der Waals surface area contributed by atoms with Crippen LogP contribution in [0.3, 0.4) is 0 Å². The van der Waals surface area contributed by atoms with Crippen molar-refractivity contribution in [3.63, 3.8) is 0 Å². The van der Waals surface area contributed by atoms with Crippen LogP contribution in [0.1, 0.15) is 41.5 Å². The van der Waals surface area contributed by atoms with Gasteiger partial charge in [-0.15, -0.1) is 0 Å². The Morgan fingerprint density at radius 1 is 1.04 bits per heavy atom. The van der Waals surface area contributed by atoms with Gasteiger partial charge in [0.2, 0.25) is 5.91 Å². The van der Waals surface area contributed by atoms with Crippen molar-refractivity contribution in [3.8, 4) is 0 Å². The molecule has 1 fully saturated rings. The standard InChI is InChI=1S/C20H24N2O/c1-15-7-9-16(10-8-15)17-11-13-22(14-12-17)20(23)19(21)18-5-3-2-4-6-18/h2-10,17,19H,11-14,21H2,1H3. The zero-order chi connectivity index (χ0) is 16.2. The van der Waals surface area contributed by atoms with Crippen molar-refractivity contribution in [1.82, 2.24) is 4.90 Å². The molecular weight excluding hydrogens is 284 g/mol. The normalized spacial score (nSPS) is 17.0. The SMILES string of the molecule is Cc1ccc(C2CCN(C(=O)C(N)c3ccccc3)CC2)cc1. The van der Waals surface area contributed by atoms with Crippen LogP contribution >= 0.6 is 0 Å². The van der Waals surface area contributed by atoms with Gasteiger partial charge in [0, 0.05) is 13.1 Å². The second-order valence-electron chi connectivity index (χ2n) is 6.40. The number of hydrogen-bond acceptors (Lipinski definition) is 2. The lowest BCUT2D eigenvalue weighted by Gasteiger charge is -2.33. The Morgan fingerprint density at radius 3 is 2.26 bits per heavy atom. The summed E-state index contributed by atoms with van der Waals surface area (Å²) in [5.74, 6) is 0.589. The molecule has 1 aliphatic heterocycles. The molecule has 3 nitrogen and oxygen atoms in total. The molecule has 1 heterocycles. The lowest BCUT2D eigenvalue weighted by atomic mass is 9.88. The summed E-state index contributed by atoms with van der Waals surface area (Å²) >= 11 is 0. The van der Waals surface area contributed by atoms with Crippen molar-refractivity contribution in [2.75, 3.05) is 13.1 Å². The third-order valence-corrected chi connectivity index (χ3v) is 4.78. The minimum absolute atomic E-state index is 0.0403. The molecule has 1 amide bonds. The quantitative estimate of drug-likeness (QED) is 0.944. The molecule has 0 aromatic heterocycles. The number of nitrogens with two attached hydrogens (primary N) is 1. The number of hydrogen-bond donors (Lipinski definition) is 1. The van der Waals surface area contributed by atoms with E-state index < -0.39 is 6.04 Å². The third-order valence-electron chi connectivity index (χ3n) is 4.78. The Kier molecular flexibility index (Phi) is 4.77. The largest absolute Gasteiger partial charge is 0.341 e. The number of carbonyl (C=O) groups is 1. The fourth-order valence-electron chi connectivity index (χ4n) is 3.27. The first kappa shape index (κ1) is 15.8. The molecule has 23 heavy (non-hydrogen) atoms. The maximum absolute atomic E-state index is 12.6. The zero-order valence-electron chi connectivity index (χ0n) is 13.6. The Bertz CT molecular complexity index is 643. The maximum Gasteiger partial charge on any atom is 0.244 e. The van der Waals surface area contributed by atoms with E-state index in [9.17, 15) is 4.79 Å². The second kappa shape index (κ2) is 6.97. The molecule has 2 aromatic rings. The van der Waals surface area contributed by atoms with Gasteiger partial charge >= 0.3 is 0 Å². The van der Waals surface area contributed by atoms with Crippen LogP contribution in [0.5, 0.6) is 0 Å². The number of likely N-dealkylation sites (tertiary alicyclic amines) is 1. The van der Waals surface area contributed by atoms with E-state index in [2.05, 4.69) is 31.2 Å². The van der Waals surface area contributed by atoms with Gasteiger partial charge < -0.3 is 10.6 Å². The number of aryl methyl sites for hydroxylation is 1. The average molecular weight is 308 g/mol. The molecule has 1 atom stereocenters. The summed E-state index contributed by atoms with van der Waals surface area (Å²) in [5.41, 5.74) is 9.70. The van der Waals surface area contributed by atoms with Gasteiger partial charge in [-0.05, 0) is 36.8 Å². The highest BCUT2D eigenvalue weighted by molar-refractivity contribution is 5.83. The summed E-state index contributed by atoms with van der Waals surface area (Å²) < 4.78 is 0. The van der Waals surface area contributed by atoms with Crippen molar-refractivity contribution < 1.29 is 4.79 Å². The predicted octanol–water partition coefficient (Wildman–Crippen LogP) is 3.40. The van der Waals surface area contributed by atoms with E-state index in [0.29, 0.717) is 5.92 Å². The molecule has 0 spiro atoms. The van der Waals surface area contributed by atoms with E-state index in [0.717, 1.165) is 31.5 Å². The zero-order valence-corrected chi connectivity index (χ0v) is 13.6. The monoisotopic (exact) mass is 308 g/mol. The lowest BCUT2D eigenvalue weighted by Crippen LogP contribution is -2.42. The van der Waals surface area contributed by atoms with Crippen molar-refractivity contribution in [2.45, 2.75) is 31.7 Å². The van der Waals surface area contributed by atoms with Crippen LogP contribution in [0.4, 0.5) is 0 Å². The van der Waals surface area contributed by atoms with E-state index >= 15 is 0 Å². The Morgan fingerprint density at radius 2 is 1.65 bits per heavy atom. The van der Waals surface area contributed by atoms with Gasteiger partial charge in [0.25, 0.3) is 0 Å². The van der Waals surface area contributed by atoms with Gasteiger partial charge in [-0.2, -0.15) is 0 Å². The van der Waals surface area contributed by atoms with Crippen molar-refractivity contribution in [3.05, 3.63) is 71.3 Å². The summed E-state index contributed by atoms with van der Waals surface area (Å²) in [6.07, 6.45) is 2.02. The maximum atomic E-state index is 12.6. The Labute approximate surface area is 138 Å². The molecule has 1 unspecified atom stereocenters. The van der Waals surface area contributed by atoms with Gasteiger partial charge in [-0.1, -0.05) is 60.2 Å². The number of piperidine rings is 1. The average Bonchev–Trinajstić information content (AvgIpc) is 2.62. The highest BCUT2D eigenvalue weighted by atomic mass is 16.2. The number of rotatable bonds is 3. The smallest absolute Gasteiger partial charge is 0.244 e. The number of carbonyl (C=O) groups excluding carboxylic acids is 1. The van der Waals surface area contributed by atoms with E-state index in [-0.39, 0.29) is 5.91 Å². The highest BCUT2D eigenvalue weighted by Crippen LogP contribution is 2.29. The summed E-state index contributed by atoms with van der Waals surface area (Å²) in [5, 5.41) is 0. The summed E-state index contributed by atoms with van der Waals surface area (Å²) in [6.45, 7) is 3.69. The molecule has 0 radical (unpaired) electrons. The van der Waals surface area contributed by atoms with E-state index in [1.807, 2.05) is 35.2 Å². The fourth-order valence-corrected chi connectivity index (χ4v) is 3.27. The molecule has 1 saturated heterocycles. The lowest BCUT2D eigenvalue weighted by molar-refractivity contribution is -0.133. The first-order valence-corrected chi connectivity index (χ1v) is 8.31. The van der Waals surface area contributed by atoms with E-state index in [1.54, 1.807) is 0 Å². The van der Waals surface area contributed by atoms with E-state index in [1.165, 1.54) is 11.1 Å². The Hall–Kier alpha value is -2.13. The summed E-state index contributed by atoms with van der Waals surface area (Å²) in [6, 6.07) is 17.8. The topological polar surface area (TPSA) is 46.3 Å². The highest BCUT2D eigenvalue weighted by Gasteiger charge is 2.27. The van der Waals surface area contributed by atoms with Gasteiger partial charge in [0.1, 0.15) is 6.04 Å². The van der Waals surface area contributed by atoms with Crippen LogP contribution in [0.2, 0.25) is 0 Å². The molecule has 2 N–H and O–H groups in total. The number of benzene rings is 2. The second-order valence-corrected chi connectivity index (χ2v) is 6.40. The first-order valence-electron chi connectivity index (χ1n) is 8.31. The predicted molar refractivity (Wildman–Crippen MR) is 93.1 cm³/mol. The number of nitrogens with zero attached hydrogens (tertiary/aromatic N) is 1. The fraction of sp³-hybridized carbons (Fsp3) is 0.350. The molecule has 1 aliphatic rings. The van der Waals surface area contributed by atoms with Gasteiger partial charge in [-0.25, -0.2) is 0 Å². The first-order chi connectivity index (χ1) is 11.1. The molecule has 0 aliphatic carbocycles. The van der Waals surface area contributed by atoms with Crippen LogP contribution in [0, 0.1) is 6.92 Å². The molecule has 0 bridgehead atoms. The molecule has 3 heteroatoms. The minimum Gasteiger partial charge on any atom is -0.341 e. The molecule has 2 aromatic carbocycles. The van der Waals surface area contributed by atoms with Crippen LogP contribution in [0.25, 0.3) is 0 Å². The summed E-state index contributed by atoms with van der Waals surface area (Å²) in [4.78, 5) is 14.5. The Balaban J connectivity index is 1.60. The van der Waals surface area contributed by atoms with Crippen molar-refractivity contribution in [2.24, 2.45) is 5.73 Å². The van der Waals surface area contributed by atoms with Crippen LogP contribution in [-0.2, 0) is 4.79 Å². The molecular formula is C20H24N2O. The van der Waals surface area contributed by atoms with Crippen molar-refractivity contribution in [1.29, 1.82) is 0 Å². The minimum atomic E-state index is -0.549.